The molecule has 0 saturated heterocycles. The molecule has 1 aromatic carbocycles. The highest BCUT2D eigenvalue weighted by atomic mass is 35.5. The van der Waals surface area contributed by atoms with Crippen LogP contribution in [0.25, 0.3) is 0 Å². The Balaban J connectivity index is 2.07. The molecular weight excluding hydrogens is 292 g/mol. The van der Waals surface area contributed by atoms with Crippen LogP contribution in [0.2, 0.25) is 5.02 Å². The standard InChI is InChI=1S/C15H19ClN2OS/c1-15(2,3)13-9-20-14(18-13)8-19-12-5-4-11(16)6-10(12)7-17/h4-6,9H,7-8,17H2,1-3H3. The van der Waals surface area contributed by atoms with Gasteiger partial charge in [-0.15, -0.1) is 11.3 Å². The average molecular weight is 311 g/mol. The van der Waals surface area contributed by atoms with Crippen LogP contribution in [-0.2, 0) is 18.6 Å². The van der Waals surface area contributed by atoms with E-state index in [9.17, 15) is 0 Å². The highest BCUT2D eigenvalue weighted by Crippen LogP contribution is 2.26. The molecular formula is C15H19ClN2OS. The van der Waals surface area contributed by atoms with Crippen LogP contribution in [0, 0.1) is 0 Å². The molecule has 2 aromatic rings. The van der Waals surface area contributed by atoms with Crippen LogP contribution in [0.4, 0.5) is 0 Å². The Bertz CT molecular complexity index is 590. The summed E-state index contributed by atoms with van der Waals surface area (Å²) in [7, 11) is 0. The lowest BCUT2D eigenvalue weighted by atomic mass is 9.93. The second kappa shape index (κ2) is 6.12. The Morgan fingerprint density at radius 1 is 1.35 bits per heavy atom. The number of hydrogen-bond acceptors (Lipinski definition) is 4. The SMILES string of the molecule is CC(C)(C)c1csc(COc2ccc(Cl)cc2CN)n1. The third kappa shape index (κ3) is 3.72. The molecule has 2 N–H and O–H groups in total. The van der Waals surface area contributed by atoms with Crippen molar-refractivity contribution in [3.8, 4) is 5.75 Å². The highest BCUT2D eigenvalue weighted by Gasteiger charge is 2.17. The van der Waals surface area contributed by atoms with Gasteiger partial charge in [-0.2, -0.15) is 0 Å². The molecule has 108 valence electrons. The maximum atomic E-state index is 5.94. The van der Waals surface area contributed by atoms with Gasteiger partial charge in [0.2, 0.25) is 0 Å². The van der Waals surface area contributed by atoms with Crippen LogP contribution < -0.4 is 10.5 Å². The average Bonchev–Trinajstić information content (AvgIpc) is 2.86. The van der Waals surface area contributed by atoms with Gasteiger partial charge in [-0.1, -0.05) is 32.4 Å². The van der Waals surface area contributed by atoms with E-state index in [4.69, 9.17) is 22.1 Å². The van der Waals surface area contributed by atoms with E-state index in [1.165, 1.54) is 0 Å². The van der Waals surface area contributed by atoms with Gasteiger partial charge >= 0.3 is 0 Å². The summed E-state index contributed by atoms with van der Waals surface area (Å²) >= 11 is 7.56. The summed E-state index contributed by atoms with van der Waals surface area (Å²) < 4.78 is 5.80. The molecule has 20 heavy (non-hydrogen) atoms. The number of thiazole rings is 1. The van der Waals surface area contributed by atoms with E-state index in [-0.39, 0.29) is 5.41 Å². The van der Waals surface area contributed by atoms with E-state index < -0.39 is 0 Å². The van der Waals surface area contributed by atoms with Crippen LogP contribution in [0.5, 0.6) is 5.75 Å². The summed E-state index contributed by atoms with van der Waals surface area (Å²) in [5.74, 6) is 0.768. The van der Waals surface area contributed by atoms with Crippen LogP contribution in [-0.4, -0.2) is 4.98 Å². The van der Waals surface area contributed by atoms with Crippen LogP contribution in [0.1, 0.15) is 37.0 Å². The fourth-order valence-corrected chi connectivity index (χ4v) is 2.84. The van der Waals surface area contributed by atoms with E-state index in [1.807, 2.05) is 12.1 Å². The number of hydrogen-bond donors (Lipinski definition) is 1. The quantitative estimate of drug-likeness (QED) is 0.923. The number of ether oxygens (including phenoxy) is 1. The third-order valence-corrected chi connectivity index (χ3v) is 3.97. The largest absolute Gasteiger partial charge is 0.486 e. The van der Waals surface area contributed by atoms with Crippen molar-refractivity contribution in [1.29, 1.82) is 0 Å². The van der Waals surface area contributed by atoms with Gasteiger partial charge in [-0.3, -0.25) is 0 Å². The van der Waals surface area contributed by atoms with E-state index in [2.05, 4.69) is 31.1 Å². The molecule has 0 aliphatic carbocycles. The van der Waals surface area contributed by atoms with Gasteiger partial charge in [0.05, 0.1) is 5.69 Å². The molecule has 1 aromatic heterocycles. The number of rotatable bonds is 4. The summed E-state index contributed by atoms with van der Waals surface area (Å²) in [4.78, 5) is 4.61. The fraction of sp³-hybridized carbons (Fsp3) is 0.400. The van der Waals surface area contributed by atoms with Crippen molar-refractivity contribution >= 4 is 22.9 Å². The van der Waals surface area contributed by atoms with Crippen molar-refractivity contribution in [2.45, 2.75) is 39.3 Å². The van der Waals surface area contributed by atoms with E-state index in [0.29, 0.717) is 18.2 Å². The van der Waals surface area contributed by atoms with Gasteiger partial charge in [0.15, 0.2) is 0 Å². The minimum atomic E-state index is 0.0669. The number of nitrogens with two attached hydrogens (primary N) is 1. The van der Waals surface area contributed by atoms with Gasteiger partial charge in [0.25, 0.3) is 0 Å². The number of aromatic nitrogens is 1. The molecule has 0 saturated carbocycles. The summed E-state index contributed by atoms with van der Waals surface area (Å²) in [6.45, 7) is 7.31. The van der Waals surface area contributed by atoms with Crippen LogP contribution >= 0.6 is 22.9 Å². The molecule has 0 atom stereocenters. The lowest BCUT2D eigenvalue weighted by molar-refractivity contribution is 0.301. The maximum Gasteiger partial charge on any atom is 0.140 e. The fourth-order valence-electron chi connectivity index (χ4n) is 1.71. The van der Waals surface area contributed by atoms with Gasteiger partial charge in [0.1, 0.15) is 17.4 Å². The summed E-state index contributed by atoms with van der Waals surface area (Å²) in [5, 5.41) is 3.72. The summed E-state index contributed by atoms with van der Waals surface area (Å²) in [6.07, 6.45) is 0. The predicted octanol–water partition coefficient (Wildman–Crippen LogP) is 4.13. The molecule has 0 radical (unpaired) electrons. The molecule has 0 amide bonds. The van der Waals surface area contributed by atoms with Gasteiger partial charge in [-0.25, -0.2) is 4.98 Å². The Morgan fingerprint density at radius 2 is 2.10 bits per heavy atom. The first kappa shape index (κ1) is 15.3. The van der Waals surface area contributed by atoms with E-state index in [1.54, 1.807) is 17.4 Å². The summed E-state index contributed by atoms with van der Waals surface area (Å²) in [6, 6.07) is 5.49. The number of halogens is 1. The van der Waals surface area contributed by atoms with Crippen molar-refractivity contribution < 1.29 is 4.74 Å². The molecule has 1 heterocycles. The van der Waals surface area contributed by atoms with Crippen molar-refractivity contribution in [2.24, 2.45) is 5.73 Å². The Hall–Kier alpha value is -1.10. The molecule has 0 aliphatic rings. The smallest absolute Gasteiger partial charge is 0.140 e. The molecule has 2 rings (SSSR count). The lowest BCUT2D eigenvalue weighted by Crippen LogP contribution is -2.11. The predicted molar refractivity (Wildman–Crippen MR) is 84.5 cm³/mol. The Kier molecular flexibility index (Phi) is 4.68. The van der Waals surface area contributed by atoms with Gasteiger partial charge < -0.3 is 10.5 Å². The minimum Gasteiger partial charge on any atom is -0.486 e. The molecule has 0 bridgehead atoms. The lowest BCUT2D eigenvalue weighted by Gasteiger charge is -2.14. The van der Waals surface area contributed by atoms with Crippen LogP contribution in [0.3, 0.4) is 0 Å². The molecule has 5 heteroatoms. The monoisotopic (exact) mass is 310 g/mol. The molecule has 0 unspecified atom stereocenters. The highest BCUT2D eigenvalue weighted by molar-refractivity contribution is 7.09. The number of nitrogens with zero attached hydrogens (tertiary/aromatic N) is 1. The topological polar surface area (TPSA) is 48.1 Å². The van der Waals surface area contributed by atoms with E-state index >= 15 is 0 Å². The Morgan fingerprint density at radius 3 is 2.70 bits per heavy atom. The third-order valence-electron chi connectivity index (χ3n) is 2.91. The summed E-state index contributed by atoms with van der Waals surface area (Å²) in [5.41, 5.74) is 7.77. The van der Waals surface area contributed by atoms with Gasteiger partial charge in [-0.05, 0) is 18.2 Å². The van der Waals surface area contributed by atoms with Gasteiger partial charge in [0, 0.05) is 27.9 Å². The first-order chi connectivity index (χ1) is 9.40. The van der Waals surface area contributed by atoms with Crippen molar-refractivity contribution in [3.05, 3.63) is 44.9 Å². The second-order valence-electron chi connectivity index (χ2n) is 5.62. The minimum absolute atomic E-state index is 0.0669. The first-order valence-electron chi connectivity index (χ1n) is 6.46. The maximum absolute atomic E-state index is 5.94. The zero-order chi connectivity index (χ0) is 14.8. The zero-order valence-electron chi connectivity index (χ0n) is 11.9. The molecule has 0 spiro atoms. The van der Waals surface area contributed by atoms with Crippen molar-refractivity contribution in [1.82, 2.24) is 4.98 Å². The number of benzene rings is 1. The molecule has 0 fully saturated rings. The molecule has 0 aliphatic heterocycles. The van der Waals surface area contributed by atoms with Crippen LogP contribution in [0.15, 0.2) is 23.6 Å². The second-order valence-corrected chi connectivity index (χ2v) is 7.00. The van der Waals surface area contributed by atoms with E-state index in [0.717, 1.165) is 22.0 Å². The molecule has 3 nitrogen and oxygen atoms in total. The zero-order valence-corrected chi connectivity index (χ0v) is 13.5. The van der Waals surface area contributed by atoms with Crippen molar-refractivity contribution in [2.75, 3.05) is 0 Å². The Labute approximate surface area is 128 Å². The van der Waals surface area contributed by atoms with Crippen molar-refractivity contribution in [3.63, 3.8) is 0 Å². The first-order valence-corrected chi connectivity index (χ1v) is 7.72. The normalized spacial score (nSPS) is 11.7.